The summed E-state index contributed by atoms with van der Waals surface area (Å²) in [6.45, 7) is 4.26. The van der Waals surface area contributed by atoms with Crippen LogP contribution in [0.25, 0.3) is 0 Å². The first kappa shape index (κ1) is 12.0. The second-order valence-corrected chi connectivity index (χ2v) is 4.37. The van der Waals surface area contributed by atoms with Gasteiger partial charge in [-0.05, 0) is 19.1 Å². The summed E-state index contributed by atoms with van der Waals surface area (Å²) >= 11 is 0. The van der Waals surface area contributed by atoms with Gasteiger partial charge in [0.05, 0.1) is 30.6 Å². The molecule has 1 saturated heterocycles. The second kappa shape index (κ2) is 4.81. The summed E-state index contributed by atoms with van der Waals surface area (Å²) in [5.74, 6) is -0.375. The van der Waals surface area contributed by atoms with Crippen molar-refractivity contribution in [3.63, 3.8) is 0 Å². The maximum atomic E-state index is 11.2. The zero-order valence-corrected chi connectivity index (χ0v) is 10.0. The summed E-state index contributed by atoms with van der Waals surface area (Å²) in [4.78, 5) is 15.4. The van der Waals surface area contributed by atoms with Crippen molar-refractivity contribution in [1.29, 1.82) is 0 Å². The molecule has 2 heterocycles. The Hall–Kier alpha value is -1.46. The van der Waals surface area contributed by atoms with Crippen molar-refractivity contribution in [3.05, 3.63) is 29.6 Å². The summed E-state index contributed by atoms with van der Waals surface area (Å²) in [6.07, 6.45) is 1.51. The minimum Gasteiger partial charge on any atom is -0.465 e. The molecule has 1 aromatic heterocycles. The Labute approximate surface area is 100 Å². The predicted octanol–water partition coefficient (Wildman–Crippen LogP) is 0.747. The fourth-order valence-corrected chi connectivity index (χ4v) is 1.58. The average Bonchev–Trinajstić information content (AvgIpc) is 2.33. The van der Waals surface area contributed by atoms with Crippen molar-refractivity contribution in [2.75, 3.05) is 20.2 Å². The molecule has 1 aromatic rings. The molecule has 17 heavy (non-hydrogen) atoms. The molecule has 2 rings (SSSR count). The summed E-state index contributed by atoms with van der Waals surface area (Å²) in [5.41, 5.74) is 1.18. The zero-order valence-electron chi connectivity index (χ0n) is 10.0. The average molecular weight is 236 g/mol. The standard InChI is InChI=1S/C12H16N2O3/c1-12(7-13-8-12)17-6-10-4-3-9(5-14-10)11(15)16-2/h3-5,13H,6-8H2,1-2H3. The number of nitrogens with zero attached hydrogens (tertiary/aromatic N) is 1. The van der Waals surface area contributed by atoms with Crippen LogP contribution in [-0.2, 0) is 16.1 Å². The van der Waals surface area contributed by atoms with Crippen LogP contribution in [-0.4, -0.2) is 36.8 Å². The molecule has 5 heteroatoms. The first-order chi connectivity index (χ1) is 8.13. The summed E-state index contributed by atoms with van der Waals surface area (Å²) in [5, 5.41) is 3.16. The van der Waals surface area contributed by atoms with E-state index in [9.17, 15) is 4.79 Å². The van der Waals surface area contributed by atoms with E-state index in [1.54, 1.807) is 12.1 Å². The molecular formula is C12H16N2O3. The molecule has 0 saturated carbocycles. The van der Waals surface area contributed by atoms with Gasteiger partial charge < -0.3 is 14.8 Å². The SMILES string of the molecule is COC(=O)c1ccc(COC2(C)CNC2)nc1. The van der Waals surface area contributed by atoms with Crippen LogP contribution >= 0.6 is 0 Å². The van der Waals surface area contributed by atoms with Crippen molar-refractivity contribution in [2.24, 2.45) is 0 Å². The van der Waals surface area contributed by atoms with E-state index in [2.05, 4.69) is 22.0 Å². The molecule has 0 aromatic carbocycles. The van der Waals surface area contributed by atoms with Crippen LogP contribution < -0.4 is 5.32 Å². The number of carbonyl (C=O) groups excluding carboxylic acids is 1. The van der Waals surface area contributed by atoms with Gasteiger partial charge in [0.2, 0.25) is 0 Å². The third-order valence-corrected chi connectivity index (χ3v) is 2.81. The molecule has 0 spiro atoms. The van der Waals surface area contributed by atoms with E-state index in [1.807, 2.05) is 0 Å². The highest BCUT2D eigenvalue weighted by atomic mass is 16.5. The molecule has 1 fully saturated rings. The third-order valence-electron chi connectivity index (χ3n) is 2.81. The lowest BCUT2D eigenvalue weighted by atomic mass is 10.0. The third kappa shape index (κ3) is 2.81. The van der Waals surface area contributed by atoms with Crippen molar-refractivity contribution in [1.82, 2.24) is 10.3 Å². The fraction of sp³-hybridized carbons (Fsp3) is 0.500. The Bertz CT molecular complexity index is 399. The van der Waals surface area contributed by atoms with Gasteiger partial charge in [-0.15, -0.1) is 0 Å². The monoisotopic (exact) mass is 236 g/mol. The molecule has 0 radical (unpaired) electrons. The number of methoxy groups -OCH3 is 1. The molecular weight excluding hydrogens is 220 g/mol. The molecule has 1 aliphatic heterocycles. The van der Waals surface area contributed by atoms with Crippen molar-refractivity contribution >= 4 is 5.97 Å². The van der Waals surface area contributed by atoms with Gasteiger partial charge in [0, 0.05) is 19.3 Å². The molecule has 0 unspecified atom stereocenters. The van der Waals surface area contributed by atoms with E-state index < -0.39 is 0 Å². The molecule has 0 bridgehead atoms. The number of rotatable bonds is 4. The Balaban J connectivity index is 1.91. The van der Waals surface area contributed by atoms with E-state index in [1.165, 1.54) is 13.3 Å². The zero-order chi connectivity index (χ0) is 12.3. The van der Waals surface area contributed by atoms with Gasteiger partial charge in [0.15, 0.2) is 0 Å². The molecule has 0 aliphatic carbocycles. The van der Waals surface area contributed by atoms with Gasteiger partial charge in [0.25, 0.3) is 0 Å². The molecule has 92 valence electrons. The number of hydrogen-bond donors (Lipinski definition) is 1. The molecule has 0 atom stereocenters. The van der Waals surface area contributed by atoms with Gasteiger partial charge >= 0.3 is 5.97 Å². The largest absolute Gasteiger partial charge is 0.465 e. The quantitative estimate of drug-likeness (QED) is 0.782. The van der Waals surface area contributed by atoms with Crippen LogP contribution in [0.2, 0.25) is 0 Å². The predicted molar refractivity (Wildman–Crippen MR) is 61.6 cm³/mol. The normalized spacial score (nSPS) is 17.3. The molecule has 0 amide bonds. The fourth-order valence-electron chi connectivity index (χ4n) is 1.58. The number of esters is 1. The van der Waals surface area contributed by atoms with Crippen LogP contribution in [0.3, 0.4) is 0 Å². The lowest BCUT2D eigenvalue weighted by Gasteiger charge is -2.38. The topological polar surface area (TPSA) is 60.5 Å². The first-order valence-electron chi connectivity index (χ1n) is 5.51. The van der Waals surface area contributed by atoms with Crippen LogP contribution in [0.1, 0.15) is 23.0 Å². The second-order valence-electron chi connectivity index (χ2n) is 4.37. The smallest absolute Gasteiger partial charge is 0.339 e. The summed E-state index contributed by atoms with van der Waals surface area (Å²) < 4.78 is 10.3. The number of carbonyl (C=O) groups is 1. The molecule has 1 N–H and O–H groups in total. The Morgan fingerprint density at radius 3 is 2.76 bits per heavy atom. The maximum Gasteiger partial charge on any atom is 0.339 e. The highest BCUT2D eigenvalue weighted by molar-refractivity contribution is 5.88. The summed E-state index contributed by atoms with van der Waals surface area (Å²) in [7, 11) is 1.35. The van der Waals surface area contributed by atoms with E-state index in [0.29, 0.717) is 12.2 Å². The number of ether oxygens (including phenoxy) is 2. The van der Waals surface area contributed by atoms with Crippen molar-refractivity contribution in [3.8, 4) is 0 Å². The van der Waals surface area contributed by atoms with E-state index >= 15 is 0 Å². The van der Waals surface area contributed by atoms with Gasteiger partial charge in [-0.2, -0.15) is 0 Å². The lowest BCUT2D eigenvalue weighted by Crippen LogP contribution is -2.58. The number of pyridine rings is 1. The van der Waals surface area contributed by atoms with Crippen LogP contribution in [0, 0.1) is 0 Å². The Morgan fingerprint density at radius 2 is 2.29 bits per heavy atom. The van der Waals surface area contributed by atoms with Crippen molar-refractivity contribution < 1.29 is 14.3 Å². The lowest BCUT2D eigenvalue weighted by molar-refractivity contribution is -0.0778. The van der Waals surface area contributed by atoms with E-state index in [0.717, 1.165) is 18.8 Å². The Morgan fingerprint density at radius 1 is 1.53 bits per heavy atom. The highest BCUT2D eigenvalue weighted by Gasteiger charge is 2.32. The van der Waals surface area contributed by atoms with Crippen LogP contribution in [0.15, 0.2) is 18.3 Å². The number of aromatic nitrogens is 1. The van der Waals surface area contributed by atoms with Gasteiger partial charge in [-0.25, -0.2) is 4.79 Å². The van der Waals surface area contributed by atoms with Crippen LogP contribution in [0.4, 0.5) is 0 Å². The minimum absolute atomic E-state index is 0.0807. The molecule has 5 nitrogen and oxygen atoms in total. The number of nitrogens with one attached hydrogen (secondary N) is 1. The highest BCUT2D eigenvalue weighted by Crippen LogP contribution is 2.17. The molecule has 1 aliphatic rings. The summed E-state index contributed by atoms with van der Waals surface area (Å²) in [6, 6.07) is 3.47. The van der Waals surface area contributed by atoms with E-state index in [-0.39, 0.29) is 11.6 Å². The van der Waals surface area contributed by atoms with E-state index in [4.69, 9.17) is 4.74 Å². The van der Waals surface area contributed by atoms with Crippen LogP contribution in [0.5, 0.6) is 0 Å². The first-order valence-corrected chi connectivity index (χ1v) is 5.51. The van der Waals surface area contributed by atoms with Gasteiger partial charge in [-0.1, -0.05) is 0 Å². The van der Waals surface area contributed by atoms with Gasteiger partial charge in [0.1, 0.15) is 0 Å². The Kier molecular flexibility index (Phi) is 3.40. The van der Waals surface area contributed by atoms with Gasteiger partial charge in [-0.3, -0.25) is 4.98 Å². The maximum absolute atomic E-state index is 11.2. The number of hydrogen-bond acceptors (Lipinski definition) is 5. The van der Waals surface area contributed by atoms with Crippen molar-refractivity contribution in [2.45, 2.75) is 19.1 Å². The minimum atomic E-state index is -0.375.